The zero-order chi connectivity index (χ0) is 17.1. The summed E-state index contributed by atoms with van der Waals surface area (Å²) < 4.78 is 18.9. The van der Waals surface area contributed by atoms with Crippen molar-refractivity contribution in [3.05, 3.63) is 6.07 Å². The lowest BCUT2D eigenvalue weighted by Crippen LogP contribution is -2.52. The Labute approximate surface area is 137 Å². The molecular weight excluding hydrogens is 307 g/mol. The topological polar surface area (TPSA) is 31.6 Å². The molecule has 0 spiro atoms. The highest BCUT2D eigenvalue weighted by Crippen LogP contribution is 2.36. The van der Waals surface area contributed by atoms with Crippen LogP contribution in [0.4, 0.5) is 0 Å². The molecule has 1 aromatic rings. The van der Waals surface area contributed by atoms with Crippen molar-refractivity contribution < 1.29 is 13.7 Å². The Bertz CT molecular complexity index is 549. The summed E-state index contributed by atoms with van der Waals surface area (Å²) >= 11 is 0. The van der Waals surface area contributed by atoms with Crippen LogP contribution < -0.4 is 16.2 Å². The lowest BCUT2D eigenvalue weighted by Gasteiger charge is -2.32. The second kappa shape index (κ2) is 5.10. The molecule has 1 aromatic heterocycles. The highest BCUT2D eigenvalue weighted by Gasteiger charge is 2.53. The predicted octanol–water partition coefficient (Wildman–Crippen LogP) is 2.67. The Kier molecular flexibility index (Phi) is 4.18. The number of rotatable bonds is 3. The second-order valence-corrected chi connectivity index (χ2v) is 19.4. The third-order valence-electron chi connectivity index (χ3n) is 4.69. The molecule has 0 aromatic carbocycles. The highest BCUT2D eigenvalue weighted by atomic mass is 28.3. The van der Waals surface area contributed by atoms with Gasteiger partial charge in [-0.15, -0.1) is 0 Å². The van der Waals surface area contributed by atoms with E-state index in [1.165, 1.54) is 0 Å². The molecule has 0 N–H and O–H groups in total. The van der Waals surface area contributed by atoms with Gasteiger partial charge in [0.25, 0.3) is 0 Å². The van der Waals surface area contributed by atoms with E-state index < -0.39 is 16.1 Å². The average Bonchev–Trinajstić information content (AvgIpc) is 2.77. The molecule has 124 valence electrons. The first-order valence-electron chi connectivity index (χ1n) is 8.15. The molecule has 0 aliphatic carbocycles. The van der Waals surface area contributed by atoms with E-state index in [0.717, 1.165) is 16.2 Å². The molecule has 0 unspecified atom stereocenters. The average molecular weight is 338 g/mol. The maximum atomic E-state index is 6.36. The number of hydrogen-bond donors (Lipinski definition) is 0. The summed E-state index contributed by atoms with van der Waals surface area (Å²) in [5, 5.41) is 2.28. The van der Waals surface area contributed by atoms with E-state index in [-0.39, 0.29) is 18.3 Å². The molecular formula is C16H31BO3Si2. The smallest absolute Gasteiger partial charge is 0.477 e. The Balaban J connectivity index is 2.50. The predicted molar refractivity (Wildman–Crippen MR) is 100 cm³/mol. The summed E-state index contributed by atoms with van der Waals surface area (Å²) in [6, 6.07) is 2.21. The van der Waals surface area contributed by atoms with Gasteiger partial charge in [0.05, 0.1) is 22.0 Å². The zero-order valence-corrected chi connectivity index (χ0v) is 17.9. The lowest BCUT2D eigenvalue weighted by atomic mass is 9.81. The van der Waals surface area contributed by atoms with Crippen molar-refractivity contribution >= 4 is 39.5 Å². The summed E-state index contributed by atoms with van der Waals surface area (Å²) in [4.78, 5) is 0. The van der Waals surface area contributed by atoms with E-state index in [1.807, 2.05) is 0 Å². The van der Waals surface area contributed by atoms with Gasteiger partial charge in [-0.2, -0.15) is 0 Å². The van der Waals surface area contributed by atoms with Gasteiger partial charge >= 0.3 is 7.12 Å². The third kappa shape index (κ3) is 3.16. The third-order valence-corrected chi connectivity index (χ3v) is 8.17. The van der Waals surface area contributed by atoms with Gasteiger partial charge in [-0.3, -0.25) is 0 Å². The maximum Gasteiger partial charge on any atom is 0.497 e. The van der Waals surface area contributed by atoms with Crippen molar-refractivity contribution in [2.75, 3.05) is 0 Å². The van der Waals surface area contributed by atoms with Crippen molar-refractivity contribution in [2.24, 2.45) is 0 Å². The van der Waals surface area contributed by atoms with Crippen LogP contribution in [0.2, 0.25) is 39.3 Å². The Hall–Kier alpha value is -0.301. The van der Waals surface area contributed by atoms with Gasteiger partial charge in [0.2, 0.25) is 0 Å². The molecule has 0 bridgehead atoms. The minimum atomic E-state index is -1.60. The van der Waals surface area contributed by atoms with Crippen molar-refractivity contribution in [1.29, 1.82) is 0 Å². The van der Waals surface area contributed by atoms with E-state index in [0.29, 0.717) is 0 Å². The molecule has 22 heavy (non-hydrogen) atoms. The fourth-order valence-corrected chi connectivity index (χ4v) is 5.08. The Morgan fingerprint density at radius 1 is 0.818 bits per heavy atom. The van der Waals surface area contributed by atoms with E-state index in [1.54, 1.807) is 0 Å². The van der Waals surface area contributed by atoms with Crippen molar-refractivity contribution in [2.45, 2.75) is 78.2 Å². The normalized spacial score (nSPS) is 21.5. The molecule has 1 saturated heterocycles. The van der Waals surface area contributed by atoms with Crippen LogP contribution in [0.3, 0.4) is 0 Å². The first kappa shape index (κ1) is 18.0. The van der Waals surface area contributed by atoms with Crippen molar-refractivity contribution in [3.8, 4) is 0 Å². The van der Waals surface area contributed by atoms with Crippen LogP contribution in [0.15, 0.2) is 10.5 Å². The minimum absolute atomic E-state index is 0.315. The molecule has 0 atom stereocenters. The fraction of sp³-hybridized carbons (Fsp3) is 0.750. The molecule has 3 nitrogen and oxygen atoms in total. The summed E-state index contributed by atoms with van der Waals surface area (Å²) in [6.45, 7) is 22.3. The number of hydrogen-bond acceptors (Lipinski definition) is 3. The molecule has 6 heteroatoms. The van der Waals surface area contributed by atoms with E-state index in [2.05, 4.69) is 73.0 Å². The summed E-state index contributed by atoms with van der Waals surface area (Å²) in [7, 11) is -3.42. The van der Waals surface area contributed by atoms with Gasteiger partial charge in [-0.25, -0.2) is 0 Å². The van der Waals surface area contributed by atoms with Crippen LogP contribution in [0.1, 0.15) is 27.7 Å². The van der Waals surface area contributed by atoms with Gasteiger partial charge in [-0.1, -0.05) is 39.3 Å². The summed E-state index contributed by atoms with van der Waals surface area (Å²) in [5.74, 6) is 0. The van der Waals surface area contributed by atoms with Crippen LogP contribution in [-0.4, -0.2) is 34.5 Å². The molecule has 1 fully saturated rings. The van der Waals surface area contributed by atoms with Crippen LogP contribution in [-0.2, 0) is 9.31 Å². The monoisotopic (exact) mass is 338 g/mol. The van der Waals surface area contributed by atoms with Gasteiger partial charge in [0, 0.05) is 5.46 Å². The standard InChI is InChI=1S/C16H31BO3Si2/c1-15(2)16(3,4)20-17(19-15)12-11-13(21(5,6)7)18-14(12)22(8,9)10/h11H,1-10H3. The number of furan rings is 1. The Morgan fingerprint density at radius 2 is 1.27 bits per heavy atom. The quantitative estimate of drug-likeness (QED) is 0.794. The Morgan fingerprint density at radius 3 is 1.64 bits per heavy atom. The minimum Gasteiger partial charge on any atom is -0.477 e. The first-order valence-corrected chi connectivity index (χ1v) is 15.2. The summed E-state index contributed by atoms with van der Waals surface area (Å²) in [5.41, 5.74) is 0.492. The first-order chi connectivity index (χ1) is 9.65. The molecule has 2 rings (SSSR count). The van der Waals surface area contributed by atoms with E-state index in [4.69, 9.17) is 13.7 Å². The molecule has 1 aliphatic rings. The van der Waals surface area contributed by atoms with Gasteiger partial charge < -0.3 is 13.7 Å². The van der Waals surface area contributed by atoms with Gasteiger partial charge in [0.15, 0.2) is 0 Å². The zero-order valence-electron chi connectivity index (χ0n) is 15.9. The SMILES string of the molecule is CC1(C)OB(c2cc([Si](C)(C)C)oc2[Si](C)(C)C)OC1(C)C. The summed E-state index contributed by atoms with van der Waals surface area (Å²) in [6.07, 6.45) is 0. The van der Waals surface area contributed by atoms with Gasteiger partial charge in [-0.05, 0) is 33.8 Å². The van der Waals surface area contributed by atoms with Crippen LogP contribution in [0, 0.1) is 0 Å². The highest BCUT2D eigenvalue weighted by molar-refractivity contribution is 6.93. The fourth-order valence-electron chi connectivity index (χ4n) is 2.51. The molecule has 2 heterocycles. The molecule has 1 aliphatic heterocycles. The molecule has 0 radical (unpaired) electrons. The molecule has 0 amide bonds. The van der Waals surface area contributed by atoms with E-state index in [9.17, 15) is 0 Å². The maximum absolute atomic E-state index is 6.36. The second-order valence-electron chi connectivity index (χ2n) is 9.48. The lowest BCUT2D eigenvalue weighted by molar-refractivity contribution is 0.00578. The van der Waals surface area contributed by atoms with Crippen molar-refractivity contribution in [3.63, 3.8) is 0 Å². The largest absolute Gasteiger partial charge is 0.497 e. The van der Waals surface area contributed by atoms with Gasteiger partial charge in [0.1, 0.15) is 16.1 Å². The molecule has 0 saturated carbocycles. The van der Waals surface area contributed by atoms with Crippen LogP contribution >= 0.6 is 0 Å². The van der Waals surface area contributed by atoms with E-state index >= 15 is 0 Å². The van der Waals surface area contributed by atoms with Crippen molar-refractivity contribution in [1.82, 2.24) is 0 Å². The van der Waals surface area contributed by atoms with Crippen LogP contribution in [0.5, 0.6) is 0 Å². The van der Waals surface area contributed by atoms with Crippen LogP contribution in [0.25, 0.3) is 0 Å².